The Morgan fingerprint density at radius 2 is 1.91 bits per heavy atom. The number of allylic oxidation sites excluding steroid dienone is 1. The molecule has 0 bridgehead atoms. The van der Waals surface area contributed by atoms with Gasteiger partial charge in [0, 0.05) is 36.4 Å². The van der Waals surface area contributed by atoms with Crippen molar-refractivity contribution in [1.29, 1.82) is 0 Å². The SMILES string of the molecule is CCOc1ccc(C)nc1C(=O)N1CC2C=CC2CC1CNc1nc(C)cc(C)c1CC. The van der Waals surface area contributed by atoms with Gasteiger partial charge in [0.2, 0.25) is 0 Å². The van der Waals surface area contributed by atoms with Crippen LogP contribution in [0.2, 0.25) is 0 Å². The lowest BCUT2D eigenvalue weighted by atomic mass is 9.74. The molecule has 3 unspecified atom stereocenters. The predicted octanol–water partition coefficient (Wildman–Crippen LogP) is 4.49. The minimum atomic E-state index is -0.0493. The van der Waals surface area contributed by atoms with Crippen LogP contribution in [0.25, 0.3) is 0 Å². The van der Waals surface area contributed by atoms with Crippen molar-refractivity contribution in [2.45, 2.75) is 53.5 Å². The van der Waals surface area contributed by atoms with E-state index in [1.165, 1.54) is 11.1 Å². The average Bonchev–Trinajstić information content (AvgIpc) is 2.74. The van der Waals surface area contributed by atoms with Gasteiger partial charge in [-0.2, -0.15) is 0 Å². The van der Waals surface area contributed by atoms with Crippen LogP contribution < -0.4 is 10.1 Å². The molecule has 1 fully saturated rings. The van der Waals surface area contributed by atoms with E-state index in [0.29, 0.717) is 43.0 Å². The van der Waals surface area contributed by atoms with Crippen LogP contribution in [0, 0.1) is 32.6 Å². The summed E-state index contributed by atoms with van der Waals surface area (Å²) in [6.45, 7) is 12.0. The lowest BCUT2D eigenvalue weighted by Crippen LogP contribution is -2.54. The zero-order valence-electron chi connectivity index (χ0n) is 19.8. The highest BCUT2D eigenvalue weighted by molar-refractivity contribution is 5.95. The first-order chi connectivity index (χ1) is 15.4. The number of piperidine rings is 1. The number of carbonyl (C=O) groups is 1. The molecule has 3 heterocycles. The molecule has 2 aromatic rings. The van der Waals surface area contributed by atoms with Crippen LogP contribution in [-0.2, 0) is 6.42 Å². The Morgan fingerprint density at radius 3 is 2.59 bits per heavy atom. The molecule has 2 aliphatic rings. The van der Waals surface area contributed by atoms with E-state index in [1.807, 2.05) is 37.8 Å². The van der Waals surface area contributed by atoms with Crippen molar-refractivity contribution in [3.05, 3.63) is 58.6 Å². The number of hydrogen-bond donors (Lipinski definition) is 1. The van der Waals surface area contributed by atoms with Crippen molar-refractivity contribution in [3.8, 4) is 5.75 Å². The number of nitrogens with zero attached hydrogens (tertiary/aromatic N) is 3. The number of fused-ring (bicyclic) bond motifs is 1. The van der Waals surface area contributed by atoms with Gasteiger partial charge in [0.05, 0.1) is 6.61 Å². The zero-order valence-corrected chi connectivity index (χ0v) is 19.8. The lowest BCUT2D eigenvalue weighted by Gasteiger charge is -2.46. The average molecular weight is 435 g/mol. The third-order valence-corrected chi connectivity index (χ3v) is 6.64. The van der Waals surface area contributed by atoms with Gasteiger partial charge in [-0.25, -0.2) is 9.97 Å². The molecule has 6 heteroatoms. The van der Waals surface area contributed by atoms with E-state index in [4.69, 9.17) is 9.72 Å². The van der Waals surface area contributed by atoms with Crippen LogP contribution in [0.5, 0.6) is 5.75 Å². The Labute approximate surface area is 191 Å². The van der Waals surface area contributed by atoms with Crippen molar-refractivity contribution in [2.75, 3.05) is 25.0 Å². The molecule has 32 heavy (non-hydrogen) atoms. The summed E-state index contributed by atoms with van der Waals surface area (Å²) in [7, 11) is 0. The van der Waals surface area contributed by atoms with E-state index < -0.39 is 0 Å². The number of nitrogens with one attached hydrogen (secondary N) is 1. The smallest absolute Gasteiger partial charge is 0.276 e. The van der Waals surface area contributed by atoms with Crippen LogP contribution in [0.3, 0.4) is 0 Å². The van der Waals surface area contributed by atoms with Crippen molar-refractivity contribution < 1.29 is 9.53 Å². The quantitative estimate of drug-likeness (QED) is 0.650. The largest absolute Gasteiger partial charge is 0.491 e. The molecule has 1 saturated heterocycles. The molecule has 1 aliphatic heterocycles. The number of likely N-dealkylation sites (tertiary alicyclic amines) is 1. The highest BCUT2D eigenvalue weighted by Crippen LogP contribution is 2.37. The molecule has 4 rings (SSSR count). The second-order valence-corrected chi connectivity index (χ2v) is 8.93. The Balaban J connectivity index is 1.59. The van der Waals surface area contributed by atoms with Crippen molar-refractivity contribution in [2.24, 2.45) is 11.8 Å². The molecule has 1 amide bonds. The molecular weight excluding hydrogens is 400 g/mol. The van der Waals surface area contributed by atoms with E-state index in [9.17, 15) is 4.79 Å². The standard InChI is InChI=1S/C26H34N4O2/c1-6-22-16(3)12-18(5)29-25(22)27-14-21-13-19-9-10-20(19)15-30(21)26(31)24-23(32-7-2)11-8-17(4)28-24/h8-12,19-21H,6-7,13-15H2,1-5H3,(H,27,29). The fourth-order valence-corrected chi connectivity index (χ4v) is 4.91. The number of ether oxygens (including phenoxy) is 1. The molecule has 1 N–H and O–H groups in total. The van der Waals surface area contributed by atoms with E-state index in [1.54, 1.807) is 0 Å². The third kappa shape index (κ3) is 4.36. The van der Waals surface area contributed by atoms with Crippen LogP contribution >= 0.6 is 0 Å². The number of hydrogen-bond acceptors (Lipinski definition) is 5. The highest BCUT2D eigenvalue weighted by atomic mass is 16.5. The van der Waals surface area contributed by atoms with Gasteiger partial charge in [0.25, 0.3) is 5.91 Å². The van der Waals surface area contributed by atoms with Gasteiger partial charge >= 0.3 is 0 Å². The maximum atomic E-state index is 13.7. The maximum absolute atomic E-state index is 13.7. The topological polar surface area (TPSA) is 67.3 Å². The zero-order chi connectivity index (χ0) is 22.8. The molecular formula is C26H34N4O2. The lowest BCUT2D eigenvalue weighted by molar-refractivity contribution is 0.0489. The molecule has 3 atom stereocenters. The molecule has 1 aliphatic carbocycles. The first kappa shape index (κ1) is 22.3. The number of aromatic nitrogens is 2. The summed E-state index contributed by atoms with van der Waals surface area (Å²) in [6, 6.07) is 5.94. The second-order valence-electron chi connectivity index (χ2n) is 8.93. The fourth-order valence-electron chi connectivity index (χ4n) is 4.91. The molecule has 6 nitrogen and oxygen atoms in total. The maximum Gasteiger partial charge on any atom is 0.276 e. The predicted molar refractivity (Wildman–Crippen MR) is 127 cm³/mol. The summed E-state index contributed by atoms with van der Waals surface area (Å²) < 4.78 is 5.74. The van der Waals surface area contributed by atoms with Gasteiger partial charge in [-0.15, -0.1) is 0 Å². The van der Waals surface area contributed by atoms with Gasteiger partial charge in [-0.1, -0.05) is 19.1 Å². The molecule has 170 valence electrons. The summed E-state index contributed by atoms with van der Waals surface area (Å²) in [4.78, 5) is 25.0. The number of pyridine rings is 2. The normalized spacial score (nSPS) is 21.7. The summed E-state index contributed by atoms with van der Waals surface area (Å²) in [5.74, 6) is 2.42. The number of rotatable bonds is 7. The van der Waals surface area contributed by atoms with Gasteiger partial charge < -0.3 is 15.0 Å². The minimum absolute atomic E-state index is 0.0493. The summed E-state index contributed by atoms with van der Waals surface area (Å²) in [5, 5.41) is 3.58. The van der Waals surface area contributed by atoms with E-state index in [0.717, 1.165) is 30.0 Å². The highest BCUT2D eigenvalue weighted by Gasteiger charge is 2.40. The van der Waals surface area contributed by atoms with Crippen LogP contribution in [0.1, 0.15) is 53.3 Å². The molecule has 2 aromatic heterocycles. The van der Waals surface area contributed by atoms with Crippen molar-refractivity contribution in [3.63, 3.8) is 0 Å². The van der Waals surface area contributed by atoms with E-state index >= 15 is 0 Å². The van der Waals surface area contributed by atoms with Crippen LogP contribution in [-0.4, -0.2) is 46.5 Å². The Morgan fingerprint density at radius 1 is 1.12 bits per heavy atom. The number of anilines is 1. The second kappa shape index (κ2) is 9.31. The van der Waals surface area contributed by atoms with Gasteiger partial charge in [-0.3, -0.25) is 4.79 Å². The van der Waals surface area contributed by atoms with E-state index in [-0.39, 0.29) is 11.9 Å². The van der Waals surface area contributed by atoms with Gasteiger partial charge in [0.15, 0.2) is 11.4 Å². The summed E-state index contributed by atoms with van der Waals surface area (Å²) in [5.41, 5.74) is 4.73. The van der Waals surface area contributed by atoms with Gasteiger partial charge in [0.1, 0.15) is 5.82 Å². The summed E-state index contributed by atoms with van der Waals surface area (Å²) in [6.07, 6.45) is 6.38. The molecule has 0 aromatic carbocycles. The van der Waals surface area contributed by atoms with Crippen molar-refractivity contribution in [1.82, 2.24) is 14.9 Å². The number of aryl methyl sites for hydroxylation is 3. The summed E-state index contributed by atoms with van der Waals surface area (Å²) >= 11 is 0. The Hall–Kier alpha value is -2.89. The third-order valence-electron chi connectivity index (χ3n) is 6.64. The van der Waals surface area contributed by atoms with Gasteiger partial charge in [-0.05, 0) is 75.8 Å². The Kier molecular flexibility index (Phi) is 6.49. The van der Waals surface area contributed by atoms with Crippen molar-refractivity contribution >= 4 is 11.7 Å². The minimum Gasteiger partial charge on any atom is -0.491 e. The monoisotopic (exact) mass is 434 g/mol. The fraction of sp³-hybridized carbons (Fsp3) is 0.500. The van der Waals surface area contributed by atoms with Crippen LogP contribution in [0.4, 0.5) is 5.82 Å². The molecule has 0 radical (unpaired) electrons. The molecule has 0 spiro atoms. The Bertz CT molecular complexity index is 1030. The molecule has 0 saturated carbocycles. The first-order valence-electron chi connectivity index (χ1n) is 11.7. The van der Waals surface area contributed by atoms with Crippen LogP contribution in [0.15, 0.2) is 30.4 Å². The van der Waals surface area contributed by atoms with E-state index in [2.05, 4.69) is 42.4 Å². The number of carbonyl (C=O) groups excluding carboxylic acids is 1. The number of amides is 1. The first-order valence-corrected chi connectivity index (χ1v) is 11.7.